The largest absolute Gasteiger partial charge is 0.468 e. The van der Waals surface area contributed by atoms with Crippen LogP contribution in [-0.2, 0) is 16.1 Å². The fourth-order valence-corrected chi connectivity index (χ4v) is 1.24. The Kier molecular flexibility index (Phi) is 4.31. The summed E-state index contributed by atoms with van der Waals surface area (Å²) in [6, 6.07) is 7.94. The van der Waals surface area contributed by atoms with Gasteiger partial charge in [0.1, 0.15) is 6.04 Å². The van der Waals surface area contributed by atoms with Gasteiger partial charge in [0.15, 0.2) is 0 Å². The zero-order valence-electron chi connectivity index (χ0n) is 9.41. The zero-order valence-corrected chi connectivity index (χ0v) is 9.41. The van der Waals surface area contributed by atoms with E-state index in [0.29, 0.717) is 6.54 Å². The van der Waals surface area contributed by atoms with E-state index >= 15 is 0 Å². The van der Waals surface area contributed by atoms with Crippen LogP contribution in [0.2, 0.25) is 0 Å². The van der Waals surface area contributed by atoms with Crippen molar-refractivity contribution in [2.45, 2.75) is 26.4 Å². The molecule has 0 saturated heterocycles. The van der Waals surface area contributed by atoms with Crippen LogP contribution in [0.4, 0.5) is 0 Å². The molecule has 3 heteroatoms. The van der Waals surface area contributed by atoms with E-state index in [2.05, 4.69) is 22.2 Å². The van der Waals surface area contributed by atoms with E-state index in [1.165, 1.54) is 12.7 Å². The van der Waals surface area contributed by atoms with E-state index in [1.807, 2.05) is 19.1 Å². The van der Waals surface area contributed by atoms with Gasteiger partial charge < -0.3 is 10.1 Å². The normalized spacial score (nSPS) is 12.2. The molecule has 0 fully saturated rings. The maximum Gasteiger partial charge on any atom is 0.322 e. The number of benzene rings is 1. The van der Waals surface area contributed by atoms with Crippen molar-refractivity contribution in [3.8, 4) is 0 Å². The summed E-state index contributed by atoms with van der Waals surface area (Å²) >= 11 is 0. The molecule has 82 valence electrons. The second-order valence-electron chi connectivity index (χ2n) is 3.61. The molecule has 0 heterocycles. The van der Waals surface area contributed by atoms with Gasteiger partial charge in [-0.25, -0.2) is 0 Å². The highest BCUT2D eigenvalue weighted by Crippen LogP contribution is 2.03. The van der Waals surface area contributed by atoms with Crippen LogP contribution in [0.25, 0.3) is 0 Å². The summed E-state index contributed by atoms with van der Waals surface area (Å²) in [4.78, 5) is 11.1. The lowest BCUT2D eigenvalue weighted by molar-refractivity contribution is -0.142. The Hall–Kier alpha value is -1.35. The molecule has 0 radical (unpaired) electrons. The van der Waals surface area contributed by atoms with Crippen LogP contribution in [0.1, 0.15) is 18.1 Å². The van der Waals surface area contributed by atoms with Crippen molar-refractivity contribution >= 4 is 5.97 Å². The average molecular weight is 207 g/mol. The number of nitrogens with one attached hydrogen (secondary N) is 1. The third-order valence-corrected chi connectivity index (χ3v) is 2.29. The molecule has 1 unspecified atom stereocenters. The Labute approximate surface area is 90.4 Å². The number of carbonyl (C=O) groups excluding carboxylic acids is 1. The smallest absolute Gasteiger partial charge is 0.322 e. The highest BCUT2D eigenvalue weighted by Gasteiger charge is 2.11. The molecule has 3 nitrogen and oxygen atoms in total. The predicted octanol–water partition coefficient (Wildman–Crippen LogP) is 1.65. The molecule has 0 aliphatic heterocycles. The Morgan fingerprint density at radius 3 is 2.53 bits per heavy atom. The molecule has 0 aliphatic carbocycles. The molecule has 0 saturated carbocycles. The molecule has 1 aromatic rings. The number of aryl methyl sites for hydroxylation is 1. The molecule has 1 atom stereocenters. The van der Waals surface area contributed by atoms with Gasteiger partial charge in [-0.2, -0.15) is 0 Å². The van der Waals surface area contributed by atoms with Gasteiger partial charge in [0, 0.05) is 6.54 Å². The molecule has 0 spiro atoms. The lowest BCUT2D eigenvalue weighted by Crippen LogP contribution is -2.34. The van der Waals surface area contributed by atoms with E-state index in [0.717, 1.165) is 5.56 Å². The second kappa shape index (κ2) is 5.51. The van der Waals surface area contributed by atoms with Crippen LogP contribution >= 0.6 is 0 Å². The maximum atomic E-state index is 11.1. The van der Waals surface area contributed by atoms with Crippen molar-refractivity contribution < 1.29 is 9.53 Å². The number of esters is 1. The standard InChI is InChI=1S/C12H17NO2/c1-9-4-6-11(7-5-9)8-13-10(2)12(14)15-3/h4-7,10,13H,8H2,1-3H3. The van der Waals surface area contributed by atoms with Crippen molar-refractivity contribution in [3.63, 3.8) is 0 Å². The van der Waals surface area contributed by atoms with Gasteiger partial charge in [-0.15, -0.1) is 0 Å². The molecular weight excluding hydrogens is 190 g/mol. The van der Waals surface area contributed by atoms with E-state index in [-0.39, 0.29) is 12.0 Å². The fraction of sp³-hybridized carbons (Fsp3) is 0.417. The van der Waals surface area contributed by atoms with Gasteiger partial charge in [-0.05, 0) is 19.4 Å². The number of ether oxygens (including phenoxy) is 1. The monoisotopic (exact) mass is 207 g/mol. The molecule has 1 N–H and O–H groups in total. The predicted molar refractivity (Wildman–Crippen MR) is 59.5 cm³/mol. The Balaban J connectivity index is 2.43. The Morgan fingerprint density at radius 1 is 1.40 bits per heavy atom. The van der Waals surface area contributed by atoms with Crippen molar-refractivity contribution in [2.24, 2.45) is 0 Å². The molecule has 0 aromatic heterocycles. The summed E-state index contributed by atoms with van der Waals surface area (Å²) in [7, 11) is 1.40. The van der Waals surface area contributed by atoms with Gasteiger partial charge in [0.2, 0.25) is 0 Å². The van der Waals surface area contributed by atoms with Crippen LogP contribution in [0, 0.1) is 6.92 Å². The first-order valence-corrected chi connectivity index (χ1v) is 5.00. The molecule has 1 rings (SSSR count). The molecule has 0 aliphatic rings. The van der Waals surface area contributed by atoms with Gasteiger partial charge in [-0.3, -0.25) is 4.79 Å². The molecule has 0 amide bonds. The molecular formula is C12H17NO2. The minimum Gasteiger partial charge on any atom is -0.468 e. The average Bonchev–Trinajstić information content (AvgIpc) is 2.26. The maximum absolute atomic E-state index is 11.1. The van der Waals surface area contributed by atoms with E-state index in [9.17, 15) is 4.79 Å². The third kappa shape index (κ3) is 3.72. The highest BCUT2D eigenvalue weighted by atomic mass is 16.5. The quantitative estimate of drug-likeness (QED) is 0.763. The number of hydrogen-bond acceptors (Lipinski definition) is 3. The topological polar surface area (TPSA) is 38.3 Å². The van der Waals surface area contributed by atoms with Crippen LogP contribution in [0.15, 0.2) is 24.3 Å². The van der Waals surface area contributed by atoms with E-state index < -0.39 is 0 Å². The highest BCUT2D eigenvalue weighted by molar-refractivity contribution is 5.75. The van der Waals surface area contributed by atoms with Crippen molar-refractivity contribution in [1.82, 2.24) is 5.32 Å². The zero-order chi connectivity index (χ0) is 11.3. The van der Waals surface area contributed by atoms with E-state index in [1.54, 1.807) is 6.92 Å². The summed E-state index contributed by atoms with van der Waals surface area (Å²) in [5, 5.41) is 3.09. The van der Waals surface area contributed by atoms with Gasteiger partial charge >= 0.3 is 5.97 Å². The fourth-order valence-electron chi connectivity index (χ4n) is 1.24. The van der Waals surface area contributed by atoms with Gasteiger partial charge in [0.25, 0.3) is 0 Å². The SMILES string of the molecule is COC(=O)C(C)NCc1ccc(C)cc1. The lowest BCUT2D eigenvalue weighted by atomic mass is 10.1. The Morgan fingerprint density at radius 2 is 2.00 bits per heavy atom. The first-order valence-electron chi connectivity index (χ1n) is 5.00. The van der Waals surface area contributed by atoms with Gasteiger partial charge in [0.05, 0.1) is 7.11 Å². The minimum absolute atomic E-state index is 0.234. The van der Waals surface area contributed by atoms with Crippen molar-refractivity contribution in [1.29, 1.82) is 0 Å². The van der Waals surface area contributed by atoms with E-state index in [4.69, 9.17) is 0 Å². The van der Waals surface area contributed by atoms with Gasteiger partial charge in [-0.1, -0.05) is 29.8 Å². The van der Waals surface area contributed by atoms with Crippen molar-refractivity contribution in [2.75, 3.05) is 7.11 Å². The third-order valence-electron chi connectivity index (χ3n) is 2.29. The molecule has 0 bridgehead atoms. The van der Waals surface area contributed by atoms with Crippen LogP contribution in [0.5, 0.6) is 0 Å². The number of methoxy groups -OCH3 is 1. The number of carbonyl (C=O) groups is 1. The number of hydrogen-bond donors (Lipinski definition) is 1. The first-order chi connectivity index (χ1) is 7.13. The summed E-state index contributed by atoms with van der Waals surface area (Å²) in [6.07, 6.45) is 0. The van der Waals surface area contributed by atoms with Crippen LogP contribution in [0.3, 0.4) is 0 Å². The lowest BCUT2D eigenvalue weighted by Gasteiger charge is -2.11. The molecule has 15 heavy (non-hydrogen) atoms. The van der Waals surface area contributed by atoms with Crippen LogP contribution < -0.4 is 5.32 Å². The van der Waals surface area contributed by atoms with Crippen molar-refractivity contribution in [3.05, 3.63) is 35.4 Å². The number of rotatable bonds is 4. The second-order valence-corrected chi connectivity index (χ2v) is 3.61. The Bertz CT molecular complexity index is 319. The summed E-state index contributed by atoms with van der Waals surface area (Å²) < 4.78 is 4.62. The van der Waals surface area contributed by atoms with Crippen LogP contribution in [-0.4, -0.2) is 19.1 Å². The summed E-state index contributed by atoms with van der Waals surface area (Å²) in [5.41, 5.74) is 2.40. The molecule has 1 aromatic carbocycles. The summed E-state index contributed by atoms with van der Waals surface area (Å²) in [5.74, 6) is -0.234. The minimum atomic E-state index is -0.267. The first kappa shape index (κ1) is 11.7. The summed E-state index contributed by atoms with van der Waals surface area (Å²) in [6.45, 7) is 4.52.